The first-order valence-electron chi connectivity index (χ1n) is 5.13. The molecular formula is C10H20O3Si. The van der Waals surface area contributed by atoms with E-state index in [1.54, 1.807) is 14.2 Å². The minimum atomic E-state index is -1.31. The maximum Gasteiger partial charge on any atom is 0.160 e. The molecule has 0 spiro atoms. The van der Waals surface area contributed by atoms with Crippen molar-refractivity contribution in [1.82, 2.24) is 0 Å². The molecule has 0 bridgehead atoms. The van der Waals surface area contributed by atoms with Gasteiger partial charge in [0.05, 0.1) is 5.73 Å². The Labute approximate surface area is 87.6 Å². The Kier molecular flexibility index (Phi) is 5.40. The lowest BCUT2D eigenvalue weighted by Crippen LogP contribution is -2.45. The summed E-state index contributed by atoms with van der Waals surface area (Å²) in [6.45, 7) is 4.75. The Balaban J connectivity index is 2.53. The van der Waals surface area contributed by atoms with E-state index < -0.39 is 8.80 Å². The van der Waals surface area contributed by atoms with E-state index >= 15 is 0 Å². The molecule has 0 aromatic carbocycles. The summed E-state index contributed by atoms with van der Waals surface area (Å²) in [7, 11) is 2.05. The average Bonchev–Trinajstić information content (AvgIpc) is 2.27. The summed E-state index contributed by atoms with van der Waals surface area (Å²) in [6.07, 6.45) is 3.56. The summed E-state index contributed by atoms with van der Waals surface area (Å²) in [4.78, 5) is 0. The van der Waals surface area contributed by atoms with E-state index in [0.717, 1.165) is 13.0 Å². The van der Waals surface area contributed by atoms with E-state index in [4.69, 9.17) is 14.2 Å². The molecule has 1 heterocycles. The Morgan fingerprint density at radius 2 is 2.14 bits per heavy atom. The summed E-state index contributed by atoms with van der Waals surface area (Å²) in [5.41, 5.74) is 2.35. The molecule has 0 saturated carbocycles. The van der Waals surface area contributed by atoms with Gasteiger partial charge in [-0.05, 0) is 19.3 Å². The van der Waals surface area contributed by atoms with Crippen LogP contribution in [0.15, 0.2) is 12.3 Å². The number of hydrogen-bond donors (Lipinski definition) is 0. The highest BCUT2D eigenvalue weighted by atomic mass is 28.3. The molecule has 82 valence electrons. The second-order valence-corrected chi connectivity index (χ2v) is 6.47. The van der Waals surface area contributed by atoms with Crippen molar-refractivity contribution in [3.8, 4) is 0 Å². The van der Waals surface area contributed by atoms with Crippen LogP contribution in [0.5, 0.6) is 0 Å². The molecule has 3 nitrogen and oxygen atoms in total. The van der Waals surface area contributed by atoms with Crippen molar-refractivity contribution in [2.45, 2.75) is 30.9 Å². The maximum atomic E-state index is 5.75. The van der Waals surface area contributed by atoms with Gasteiger partial charge in [0.1, 0.15) is 5.91 Å². The summed E-state index contributed by atoms with van der Waals surface area (Å²) in [5, 5.41) is 0. The van der Waals surface area contributed by atoms with Crippen LogP contribution in [-0.4, -0.2) is 41.3 Å². The van der Waals surface area contributed by atoms with Gasteiger partial charge < -0.3 is 14.2 Å². The maximum absolute atomic E-state index is 5.75. The standard InChI is InChI=1S/C10H20O3Si/c1-4-14(10(11-2)12-3)9-7-5-6-8-13-9/h4,9-10,14H,1,5-8H2,2-3H3. The van der Waals surface area contributed by atoms with Gasteiger partial charge in [-0.3, -0.25) is 0 Å². The largest absolute Gasteiger partial charge is 0.381 e. The number of rotatable bonds is 5. The Morgan fingerprint density at radius 1 is 1.43 bits per heavy atom. The molecule has 0 aliphatic carbocycles. The van der Waals surface area contributed by atoms with E-state index in [1.165, 1.54) is 12.8 Å². The van der Waals surface area contributed by atoms with Crippen LogP contribution in [0.3, 0.4) is 0 Å². The van der Waals surface area contributed by atoms with Crippen molar-refractivity contribution in [3.05, 3.63) is 12.3 Å². The lowest BCUT2D eigenvalue weighted by molar-refractivity contribution is -0.0542. The summed E-state index contributed by atoms with van der Waals surface area (Å²) >= 11 is 0. The van der Waals surface area contributed by atoms with Gasteiger partial charge in [0, 0.05) is 20.8 Å². The van der Waals surface area contributed by atoms with Crippen LogP contribution >= 0.6 is 0 Å². The van der Waals surface area contributed by atoms with E-state index in [9.17, 15) is 0 Å². The van der Waals surface area contributed by atoms with Crippen molar-refractivity contribution >= 4 is 8.80 Å². The van der Waals surface area contributed by atoms with Crippen molar-refractivity contribution < 1.29 is 14.2 Å². The lowest BCUT2D eigenvalue weighted by atomic mass is 10.2. The van der Waals surface area contributed by atoms with Gasteiger partial charge in [-0.15, -0.1) is 6.58 Å². The molecule has 0 aromatic heterocycles. The normalized spacial score (nSPS) is 24.9. The van der Waals surface area contributed by atoms with Crippen LogP contribution in [0, 0.1) is 0 Å². The topological polar surface area (TPSA) is 27.7 Å². The van der Waals surface area contributed by atoms with Crippen LogP contribution in [0.2, 0.25) is 0 Å². The third kappa shape index (κ3) is 2.92. The number of hydrogen-bond acceptors (Lipinski definition) is 3. The zero-order valence-electron chi connectivity index (χ0n) is 9.07. The third-order valence-electron chi connectivity index (χ3n) is 2.70. The first kappa shape index (κ1) is 11.9. The average molecular weight is 216 g/mol. The number of methoxy groups -OCH3 is 2. The minimum Gasteiger partial charge on any atom is -0.381 e. The van der Waals surface area contributed by atoms with E-state index in [2.05, 4.69) is 6.58 Å². The molecule has 2 unspecified atom stereocenters. The highest BCUT2D eigenvalue weighted by molar-refractivity contribution is 6.66. The highest BCUT2D eigenvalue weighted by Crippen LogP contribution is 2.18. The van der Waals surface area contributed by atoms with Gasteiger partial charge in [-0.2, -0.15) is 0 Å². The molecule has 0 aromatic rings. The number of ether oxygens (including phenoxy) is 3. The SMILES string of the molecule is C=C[SiH](C1CCCCO1)C(OC)OC. The van der Waals surface area contributed by atoms with Gasteiger partial charge in [-0.25, -0.2) is 0 Å². The van der Waals surface area contributed by atoms with E-state index in [1.807, 2.05) is 5.70 Å². The van der Waals surface area contributed by atoms with Crippen molar-refractivity contribution in [3.63, 3.8) is 0 Å². The highest BCUT2D eigenvalue weighted by Gasteiger charge is 2.31. The fourth-order valence-electron chi connectivity index (χ4n) is 1.92. The van der Waals surface area contributed by atoms with E-state index in [-0.39, 0.29) is 5.91 Å². The van der Waals surface area contributed by atoms with Crippen LogP contribution in [0.1, 0.15) is 19.3 Å². The van der Waals surface area contributed by atoms with Crippen LogP contribution in [0.4, 0.5) is 0 Å². The molecule has 0 radical (unpaired) electrons. The van der Waals surface area contributed by atoms with Gasteiger partial charge in [0.15, 0.2) is 8.80 Å². The molecule has 4 heteroatoms. The zero-order valence-corrected chi connectivity index (χ0v) is 10.2. The Bertz CT molecular complexity index is 165. The summed E-state index contributed by atoms with van der Waals surface area (Å²) in [6, 6.07) is 0. The summed E-state index contributed by atoms with van der Waals surface area (Å²) < 4.78 is 16.3. The van der Waals surface area contributed by atoms with Crippen LogP contribution in [0.25, 0.3) is 0 Å². The molecule has 1 aliphatic heterocycles. The molecule has 1 saturated heterocycles. The molecule has 14 heavy (non-hydrogen) atoms. The first-order chi connectivity index (χ1) is 6.83. The molecule has 1 fully saturated rings. The first-order valence-corrected chi connectivity index (χ1v) is 7.13. The fraction of sp³-hybridized carbons (Fsp3) is 0.800. The van der Waals surface area contributed by atoms with Crippen LogP contribution in [-0.2, 0) is 14.2 Å². The summed E-state index contributed by atoms with van der Waals surface area (Å²) in [5.74, 6) is -0.101. The Morgan fingerprint density at radius 3 is 2.57 bits per heavy atom. The van der Waals surface area contributed by atoms with E-state index in [0.29, 0.717) is 5.73 Å². The van der Waals surface area contributed by atoms with Crippen molar-refractivity contribution in [1.29, 1.82) is 0 Å². The molecule has 1 rings (SSSR count). The van der Waals surface area contributed by atoms with Gasteiger partial charge >= 0.3 is 0 Å². The molecular weight excluding hydrogens is 196 g/mol. The van der Waals surface area contributed by atoms with Gasteiger partial charge in [0.2, 0.25) is 0 Å². The predicted molar refractivity (Wildman–Crippen MR) is 58.7 cm³/mol. The second-order valence-electron chi connectivity index (χ2n) is 3.56. The second kappa shape index (κ2) is 6.34. The fourth-order valence-corrected chi connectivity index (χ4v) is 4.40. The monoisotopic (exact) mass is 216 g/mol. The lowest BCUT2D eigenvalue weighted by Gasteiger charge is -2.31. The minimum absolute atomic E-state index is 0.101. The smallest absolute Gasteiger partial charge is 0.160 e. The Hall–Kier alpha value is -0.163. The van der Waals surface area contributed by atoms with Gasteiger partial charge in [0.25, 0.3) is 0 Å². The van der Waals surface area contributed by atoms with Crippen LogP contribution < -0.4 is 0 Å². The van der Waals surface area contributed by atoms with Gasteiger partial charge in [-0.1, -0.05) is 5.70 Å². The molecule has 2 atom stereocenters. The van der Waals surface area contributed by atoms with Crippen molar-refractivity contribution in [2.24, 2.45) is 0 Å². The zero-order chi connectivity index (χ0) is 10.4. The molecule has 1 aliphatic rings. The van der Waals surface area contributed by atoms with Crippen molar-refractivity contribution in [2.75, 3.05) is 20.8 Å². The molecule has 0 amide bonds. The molecule has 0 N–H and O–H groups in total. The third-order valence-corrected chi connectivity index (χ3v) is 5.80. The predicted octanol–water partition coefficient (Wildman–Crippen LogP) is 1.21. The quantitative estimate of drug-likeness (QED) is 0.510.